The van der Waals surface area contributed by atoms with Crippen molar-refractivity contribution in [2.75, 3.05) is 39.5 Å². The normalized spacial score (nSPS) is 17.1. The molecule has 0 amide bonds. The molecular weight excluding hydrogens is 342 g/mol. The Morgan fingerprint density at radius 3 is 2.89 bits per heavy atom. The first-order valence-corrected chi connectivity index (χ1v) is 10.2. The summed E-state index contributed by atoms with van der Waals surface area (Å²) in [7, 11) is 0. The second-order valence-corrected chi connectivity index (χ2v) is 6.74. The second-order valence-electron chi connectivity index (χ2n) is 6.74. The van der Waals surface area contributed by atoms with Gasteiger partial charge < -0.3 is 24.8 Å². The van der Waals surface area contributed by atoms with Crippen LogP contribution in [0.25, 0.3) is 0 Å². The maximum Gasteiger partial charge on any atom is 0.191 e. The van der Waals surface area contributed by atoms with E-state index in [1.165, 1.54) is 5.56 Å². The van der Waals surface area contributed by atoms with Crippen LogP contribution in [-0.2, 0) is 16.0 Å². The smallest absolute Gasteiger partial charge is 0.191 e. The van der Waals surface area contributed by atoms with Gasteiger partial charge in [0.15, 0.2) is 5.96 Å². The molecule has 0 radical (unpaired) electrons. The minimum absolute atomic E-state index is 0.145. The second kappa shape index (κ2) is 12.6. The number of rotatable bonds is 11. The van der Waals surface area contributed by atoms with E-state index in [-0.39, 0.29) is 6.10 Å². The van der Waals surface area contributed by atoms with Crippen molar-refractivity contribution in [1.82, 2.24) is 10.6 Å². The van der Waals surface area contributed by atoms with Crippen molar-refractivity contribution in [3.63, 3.8) is 0 Å². The maximum atomic E-state index is 6.17. The molecule has 2 rings (SSSR count). The van der Waals surface area contributed by atoms with Gasteiger partial charge in [0.25, 0.3) is 0 Å². The molecule has 6 nitrogen and oxygen atoms in total. The van der Waals surface area contributed by atoms with Crippen LogP contribution in [0.2, 0.25) is 0 Å². The lowest BCUT2D eigenvalue weighted by atomic mass is 10.1. The maximum absolute atomic E-state index is 6.17. The summed E-state index contributed by atoms with van der Waals surface area (Å²) in [6.45, 7) is 11.5. The Hall–Kier alpha value is -1.79. The van der Waals surface area contributed by atoms with Gasteiger partial charge in [-0.25, -0.2) is 4.99 Å². The van der Waals surface area contributed by atoms with Crippen LogP contribution < -0.4 is 15.4 Å². The van der Waals surface area contributed by atoms with Crippen molar-refractivity contribution in [2.24, 2.45) is 4.99 Å². The van der Waals surface area contributed by atoms with Crippen molar-refractivity contribution in [1.29, 1.82) is 0 Å². The number of hydrogen-bond acceptors (Lipinski definition) is 4. The number of ether oxygens (including phenoxy) is 3. The number of benzene rings is 1. The quantitative estimate of drug-likeness (QED) is 0.353. The van der Waals surface area contributed by atoms with Crippen molar-refractivity contribution < 1.29 is 14.2 Å². The van der Waals surface area contributed by atoms with E-state index >= 15 is 0 Å². The molecule has 6 heteroatoms. The number of aryl methyl sites for hydroxylation is 1. The molecule has 1 aliphatic rings. The largest absolute Gasteiger partial charge is 0.488 e. The minimum Gasteiger partial charge on any atom is -0.488 e. The third-order valence-corrected chi connectivity index (χ3v) is 4.37. The summed E-state index contributed by atoms with van der Waals surface area (Å²) >= 11 is 0. The fraction of sp³-hybridized carbons (Fsp3) is 0.667. The molecular formula is C21H35N3O3. The van der Waals surface area contributed by atoms with Crippen molar-refractivity contribution in [2.45, 2.75) is 52.7 Å². The zero-order valence-corrected chi connectivity index (χ0v) is 17.1. The van der Waals surface area contributed by atoms with E-state index in [1.54, 1.807) is 0 Å². The van der Waals surface area contributed by atoms with Crippen LogP contribution in [-0.4, -0.2) is 51.6 Å². The Labute approximate surface area is 163 Å². The summed E-state index contributed by atoms with van der Waals surface area (Å²) in [5.41, 5.74) is 2.29. The van der Waals surface area contributed by atoms with E-state index in [9.17, 15) is 0 Å². The Balaban J connectivity index is 1.91. The average Bonchev–Trinajstić information content (AvgIpc) is 3.16. The van der Waals surface area contributed by atoms with Crippen LogP contribution in [0.3, 0.4) is 0 Å². The Morgan fingerprint density at radius 2 is 2.15 bits per heavy atom. The predicted molar refractivity (Wildman–Crippen MR) is 110 cm³/mol. The molecule has 1 heterocycles. The molecule has 152 valence electrons. The Bertz CT molecular complexity index is 572. The van der Waals surface area contributed by atoms with Gasteiger partial charge in [-0.1, -0.05) is 12.1 Å². The van der Waals surface area contributed by atoms with Crippen LogP contribution in [0.4, 0.5) is 0 Å². The fourth-order valence-corrected chi connectivity index (χ4v) is 2.87. The van der Waals surface area contributed by atoms with Crippen LogP contribution in [0, 0.1) is 6.92 Å². The van der Waals surface area contributed by atoms with Crippen LogP contribution in [0.15, 0.2) is 23.2 Å². The van der Waals surface area contributed by atoms with Gasteiger partial charge in [0.2, 0.25) is 0 Å². The molecule has 0 spiro atoms. The van der Waals surface area contributed by atoms with Gasteiger partial charge in [0, 0.05) is 38.3 Å². The molecule has 0 bridgehead atoms. The molecule has 0 saturated carbocycles. The van der Waals surface area contributed by atoms with Gasteiger partial charge in [-0.15, -0.1) is 0 Å². The van der Waals surface area contributed by atoms with E-state index < -0.39 is 0 Å². The first-order valence-electron chi connectivity index (χ1n) is 10.2. The minimum atomic E-state index is 0.145. The summed E-state index contributed by atoms with van der Waals surface area (Å²) in [5, 5.41) is 6.70. The van der Waals surface area contributed by atoms with E-state index in [4.69, 9.17) is 19.2 Å². The SMILES string of the molecule is CCNC(=NCc1ccc(C)cc1OC1CCOC1)NCCCCOCC. The summed E-state index contributed by atoms with van der Waals surface area (Å²) in [6.07, 6.45) is 3.21. The summed E-state index contributed by atoms with van der Waals surface area (Å²) in [6, 6.07) is 6.31. The Kier molecular flexibility index (Phi) is 10.0. The van der Waals surface area contributed by atoms with Crippen LogP contribution in [0.5, 0.6) is 5.75 Å². The van der Waals surface area contributed by atoms with Crippen LogP contribution >= 0.6 is 0 Å². The van der Waals surface area contributed by atoms with Crippen LogP contribution in [0.1, 0.15) is 44.2 Å². The zero-order valence-electron chi connectivity index (χ0n) is 17.1. The molecule has 1 aliphatic heterocycles. The number of hydrogen-bond donors (Lipinski definition) is 2. The van der Waals surface area contributed by atoms with Gasteiger partial charge in [0.05, 0.1) is 19.8 Å². The lowest BCUT2D eigenvalue weighted by molar-refractivity contribution is 0.140. The highest BCUT2D eigenvalue weighted by molar-refractivity contribution is 5.79. The van der Waals surface area contributed by atoms with Gasteiger partial charge in [-0.2, -0.15) is 0 Å². The van der Waals surface area contributed by atoms with Gasteiger partial charge >= 0.3 is 0 Å². The number of nitrogens with zero attached hydrogens (tertiary/aromatic N) is 1. The van der Waals surface area contributed by atoms with Crippen molar-refractivity contribution >= 4 is 5.96 Å². The molecule has 1 aromatic rings. The molecule has 27 heavy (non-hydrogen) atoms. The first kappa shape index (κ1) is 21.5. The standard InChI is InChI=1S/C21H35N3O3/c1-4-22-21(23-11-6-7-12-25-5-2)24-15-18-9-8-17(3)14-20(18)27-19-10-13-26-16-19/h8-9,14,19H,4-7,10-13,15-16H2,1-3H3,(H2,22,23,24). The highest BCUT2D eigenvalue weighted by Gasteiger charge is 2.18. The van der Waals surface area contributed by atoms with Crippen molar-refractivity contribution in [3.8, 4) is 5.75 Å². The molecule has 2 N–H and O–H groups in total. The summed E-state index contributed by atoms with van der Waals surface area (Å²) in [5.74, 6) is 1.76. The lowest BCUT2D eigenvalue weighted by Gasteiger charge is -2.16. The molecule has 0 aromatic heterocycles. The molecule has 1 unspecified atom stereocenters. The van der Waals surface area contributed by atoms with Gasteiger partial charge in [-0.3, -0.25) is 0 Å². The predicted octanol–water partition coefficient (Wildman–Crippen LogP) is 3.03. The summed E-state index contributed by atoms with van der Waals surface area (Å²) in [4.78, 5) is 4.73. The molecule has 1 atom stereocenters. The molecule has 1 fully saturated rings. The van der Waals surface area contributed by atoms with E-state index in [1.807, 2.05) is 6.92 Å². The number of unbranched alkanes of at least 4 members (excludes halogenated alkanes) is 1. The number of guanidine groups is 1. The lowest BCUT2D eigenvalue weighted by Crippen LogP contribution is -2.37. The fourth-order valence-electron chi connectivity index (χ4n) is 2.87. The number of aliphatic imine (C=N–C) groups is 1. The van der Waals surface area contributed by atoms with Gasteiger partial charge in [0.1, 0.15) is 11.9 Å². The van der Waals surface area contributed by atoms with Gasteiger partial charge in [-0.05, 0) is 45.2 Å². The van der Waals surface area contributed by atoms with E-state index in [0.717, 1.165) is 69.4 Å². The molecule has 0 aliphatic carbocycles. The van der Waals surface area contributed by atoms with E-state index in [0.29, 0.717) is 13.2 Å². The topological polar surface area (TPSA) is 64.1 Å². The zero-order chi connectivity index (χ0) is 19.3. The average molecular weight is 378 g/mol. The summed E-state index contributed by atoms with van der Waals surface area (Å²) < 4.78 is 17.0. The van der Waals surface area contributed by atoms with E-state index in [2.05, 4.69) is 42.7 Å². The van der Waals surface area contributed by atoms with Crippen molar-refractivity contribution in [3.05, 3.63) is 29.3 Å². The molecule has 1 aromatic carbocycles. The third-order valence-electron chi connectivity index (χ3n) is 4.37. The highest BCUT2D eigenvalue weighted by atomic mass is 16.5. The first-order chi connectivity index (χ1) is 13.2. The Morgan fingerprint density at radius 1 is 1.26 bits per heavy atom. The third kappa shape index (κ3) is 8.18. The monoisotopic (exact) mass is 377 g/mol. The highest BCUT2D eigenvalue weighted by Crippen LogP contribution is 2.24. The molecule has 1 saturated heterocycles. The number of nitrogens with one attached hydrogen (secondary N) is 2.